The number of rotatable bonds is 12. The van der Waals surface area contributed by atoms with Crippen LogP contribution >= 0.6 is 0 Å². The third kappa shape index (κ3) is 7.17. The minimum atomic E-state index is -5.28. The summed E-state index contributed by atoms with van der Waals surface area (Å²) in [6.45, 7) is 16.8. The zero-order chi connectivity index (χ0) is 34.8. The van der Waals surface area contributed by atoms with Crippen molar-refractivity contribution in [2.75, 3.05) is 0 Å². The molecule has 0 aromatic heterocycles. The van der Waals surface area contributed by atoms with Crippen LogP contribution in [0, 0.1) is 45.8 Å². The summed E-state index contributed by atoms with van der Waals surface area (Å²) in [6.07, 6.45) is 0.0139. The van der Waals surface area contributed by atoms with Crippen LogP contribution in [0.5, 0.6) is 0 Å². The molecule has 12 atom stereocenters. The highest BCUT2D eigenvalue weighted by molar-refractivity contribution is 7.81. The Bertz CT molecular complexity index is 1540. The number of hydrogen-bond acceptors (Lipinski definition) is 10. The molecular weight excluding hydrogens is 665 g/mol. The first-order valence-corrected chi connectivity index (χ1v) is 20.0. The number of allylic oxidation sites excluding steroid dienone is 3. The SMILES string of the molecule is C=C(C)[C@@H](CC)CC[C@@H](C)[C@H]1CC[C@@]2(C)[C@@H]3C[C@H](OS(=O)(=O)O)[C@H]4[C@@H](O)[C@H](OS(=O)(=O)O)[C@@H](OS(=O)(=O)O)C[C@]4(C)C3=CC[C@]12C. The second-order valence-electron chi connectivity index (χ2n) is 14.9. The summed E-state index contributed by atoms with van der Waals surface area (Å²) < 4.78 is 115. The van der Waals surface area contributed by atoms with Crippen LogP contribution in [0.4, 0.5) is 0 Å². The van der Waals surface area contributed by atoms with Crippen molar-refractivity contribution in [2.24, 2.45) is 45.8 Å². The van der Waals surface area contributed by atoms with Crippen LogP contribution in [0.25, 0.3) is 0 Å². The molecule has 0 unspecified atom stereocenters. The Balaban J connectivity index is 1.79. The predicted octanol–water partition coefficient (Wildman–Crippen LogP) is 4.73. The molecule has 0 radical (unpaired) electrons. The average molecular weight is 715 g/mol. The lowest BCUT2D eigenvalue weighted by molar-refractivity contribution is -0.179. The van der Waals surface area contributed by atoms with Gasteiger partial charge in [0.1, 0.15) is 12.2 Å². The fraction of sp³-hybridized carbons (Fsp3) is 0.867. The van der Waals surface area contributed by atoms with Gasteiger partial charge in [0.25, 0.3) is 0 Å². The fourth-order valence-electron chi connectivity index (χ4n) is 10.2. The molecular formula is C30H50O13S3. The summed E-state index contributed by atoms with van der Waals surface area (Å²) in [5.74, 6) is -0.410. The van der Waals surface area contributed by atoms with Gasteiger partial charge in [0.2, 0.25) is 0 Å². The minimum Gasteiger partial charge on any atom is -0.390 e. The van der Waals surface area contributed by atoms with Gasteiger partial charge >= 0.3 is 31.2 Å². The summed E-state index contributed by atoms with van der Waals surface area (Å²) >= 11 is 0. The van der Waals surface area contributed by atoms with E-state index in [9.17, 15) is 44.0 Å². The van der Waals surface area contributed by atoms with Gasteiger partial charge in [0.15, 0.2) is 0 Å². The van der Waals surface area contributed by atoms with E-state index in [2.05, 4.69) is 51.5 Å². The van der Waals surface area contributed by atoms with Gasteiger partial charge in [-0.25, -0.2) is 12.5 Å². The molecule has 0 aliphatic heterocycles. The highest BCUT2D eigenvalue weighted by atomic mass is 32.3. The van der Waals surface area contributed by atoms with Gasteiger partial charge in [-0.1, -0.05) is 58.4 Å². The molecule has 0 saturated heterocycles. The van der Waals surface area contributed by atoms with Crippen molar-refractivity contribution in [3.8, 4) is 0 Å². The van der Waals surface area contributed by atoms with Crippen LogP contribution in [-0.4, -0.2) is 68.4 Å². The molecule has 13 nitrogen and oxygen atoms in total. The van der Waals surface area contributed by atoms with Crippen LogP contribution in [0.1, 0.15) is 92.9 Å². The van der Waals surface area contributed by atoms with E-state index in [1.807, 2.05) is 0 Å². The topological polar surface area (TPSA) is 211 Å². The van der Waals surface area contributed by atoms with E-state index >= 15 is 0 Å². The summed E-state index contributed by atoms with van der Waals surface area (Å²) in [7, 11) is -15.6. The maximum atomic E-state index is 12.1. The first kappa shape index (κ1) is 37.9. The van der Waals surface area contributed by atoms with Gasteiger partial charge in [-0.15, -0.1) is 0 Å². The molecule has 266 valence electrons. The normalized spacial score (nSPS) is 41.1. The molecule has 0 aromatic rings. The van der Waals surface area contributed by atoms with Crippen molar-refractivity contribution in [1.29, 1.82) is 0 Å². The number of aliphatic hydroxyl groups excluding tert-OH is 1. The summed E-state index contributed by atoms with van der Waals surface area (Å²) in [4.78, 5) is 0. The monoisotopic (exact) mass is 714 g/mol. The second-order valence-corrected chi connectivity index (χ2v) is 18.0. The van der Waals surface area contributed by atoms with Crippen molar-refractivity contribution < 1.29 is 56.6 Å². The molecule has 4 rings (SSSR count). The van der Waals surface area contributed by atoms with E-state index in [0.717, 1.165) is 37.7 Å². The molecule has 0 heterocycles. The third-order valence-electron chi connectivity index (χ3n) is 12.5. The predicted molar refractivity (Wildman–Crippen MR) is 168 cm³/mol. The summed E-state index contributed by atoms with van der Waals surface area (Å²) in [5, 5.41) is 11.6. The Morgan fingerprint density at radius 3 is 2.04 bits per heavy atom. The standard InChI is InChI=1S/C30H50O13S3/c1-8-19(17(2)3)10-9-18(4)20-11-13-30(7)22-15-23(41-44(32,33)34)25-26(31)27(43-46(38,39)40)24(42-45(35,36)37)16-28(25,5)21(22)12-14-29(20,30)6/h12,18-20,22-27,31H,2,8-11,13-16H2,1,3-7H3,(H,32,33,34)(H,35,36,37)(H,38,39,40)/t18-,19+,20-,22-,23+,24+,25+,26-,27-,28-,29-,30+/m1/s1. The Kier molecular flexibility index (Phi) is 10.5. The lowest BCUT2D eigenvalue weighted by Gasteiger charge is -2.63. The first-order chi connectivity index (χ1) is 20.9. The Hall–Kier alpha value is -0.950. The third-order valence-corrected chi connectivity index (χ3v) is 14.0. The number of fused-ring (bicyclic) bond motifs is 5. The number of hydrogen-bond donors (Lipinski definition) is 4. The van der Waals surface area contributed by atoms with Gasteiger partial charge in [-0.2, -0.15) is 25.3 Å². The smallest absolute Gasteiger partial charge is 0.390 e. The van der Waals surface area contributed by atoms with Crippen LogP contribution in [0.2, 0.25) is 0 Å². The molecule has 4 aliphatic carbocycles. The van der Waals surface area contributed by atoms with Gasteiger partial charge < -0.3 is 5.11 Å². The van der Waals surface area contributed by atoms with Crippen molar-refractivity contribution in [3.05, 3.63) is 23.8 Å². The van der Waals surface area contributed by atoms with Crippen molar-refractivity contribution in [1.82, 2.24) is 0 Å². The maximum Gasteiger partial charge on any atom is 0.397 e. The van der Waals surface area contributed by atoms with Crippen molar-refractivity contribution in [2.45, 2.75) is 117 Å². The average Bonchev–Trinajstić information content (AvgIpc) is 3.15. The van der Waals surface area contributed by atoms with E-state index in [1.165, 1.54) is 5.57 Å². The second kappa shape index (κ2) is 12.7. The lowest BCUT2D eigenvalue weighted by Crippen LogP contribution is -2.65. The molecule has 46 heavy (non-hydrogen) atoms. The van der Waals surface area contributed by atoms with E-state index in [-0.39, 0.29) is 24.2 Å². The van der Waals surface area contributed by atoms with Gasteiger partial charge in [0, 0.05) is 5.92 Å². The zero-order valence-corrected chi connectivity index (χ0v) is 29.8. The van der Waals surface area contributed by atoms with Crippen molar-refractivity contribution in [3.63, 3.8) is 0 Å². The quantitative estimate of drug-likeness (QED) is 0.159. The van der Waals surface area contributed by atoms with E-state index < -0.39 is 72.4 Å². The first-order valence-electron chi connectivity index (χ1n) is 15.9. The van der Waals surface area contributed by atoms with Gasteiger partial charge in [-0.3, -0.25) is 13.7 Å². The molecule has 4 N–H and O–H groups in total. The fourth-order valence-corrected chi connectivity index (χ4v) is 11.7. The van der Waals surface area contributed by atoms with Crippen LogP contribution in [-0.2, 0) is 43.7 Å². The van der Waals surface area contributed by atoms with E-state index in [0.29, 0.717) is 24.2 Å². The van der Waals surface area contributed by atoms with Gasteiger partial charge in [0.05, 0.1) is 12.2 Å². The summed E-state index contributed by atoms with van der Waals surface area (Å²) in [5.41, 5.74) is 0.104. The molecule has 3 saturated carbocycles. The molecule has 0 bridgehead atoms. The van der Waals surface area contributed by atoms with E-state index in [1.54, 1.807) is 6.92 Å². The highest BCUT2D eigenvalue weighted by Gasteiger charge is 2.68. The molecule has 4 aliphatic rings. The summed E-state index contributed by atoms with van der Waals surface area (Å²) in [6, 6.07) is 0. The van der Waals surface area contributed by atoms with E-state index in [4.69, 9.17) is 8.37 Å². The maximum absolute atomic E-state index is 12.1. The molecule has 16 heteroatoms. The molecule has 0 amide bonds. The van der Waals surface area contributed by atoms with Crippen LogP contribution < -0.4 is 0 Å². The highest BCUT2D eigenvalue weighted by Crippen LogP contribution is 2.72. The Morgan fingerprint density at radius 1 is 0.957 bits per heavy atom. The van der Waals surface area contributed by atoms with Crippen LogP contribution in [0.3, 0.4) is 0 Å². The number of aliphatic hydroxyl groups is 1. The largest absolute Gasteiger partial charge is 0.397 e. The molecule has 3 fully saturated rings. The Labute approximate surface area is 274 Å². The van der Waals surface area contributed by atoms with Crippen LogP contribution in [0.15, 0.2) is 23.8 Å². The zero-order valence-electron chi connectivity index (χ0n) is 27.3. The minimum absolute atomic E-state index is 0.0477. The molecule has 0 spiro atoms. The lowest BCUT2D eigenvalue weighted by atomic mass is 9.43. The molecule has 0 aromatic carbocycles. The van der Waals surface area contributed by atoms with Gasteiger partial charge in [-0.05, 0) is 98.2 Å². The van der Waals surface area contributed by atoms with Crippen molar-refractivity contribution >= 4 is 31.2 Å². The Morgan fingerprint density at radius 2 is 1.52 bits per heavy atom.